The molecule has 0 aromatic heterocycles. The van der Waals surface area contributed by atoms with Crippen molar-refractivity contribution in [3.8, 4) is 0 Å². The Hall–Kier alpha value is -0.170. The molecule has 1 rings (SSSR count). The first-order chi connectivity index (χ1) is 5.55. The predicted octanol–water partition coefficient (Wildman–Crippen LogP) is -0.875. The molecule has 1 unspecified atom stereocenters. The monoisotopic (exact) mass is 194 g/mol. The zero-order valence-electron chi connectivity index (χ0n) is 7.02. The molecule has 0 aromatic rings. The lowest BCUT2D eigenvalue weighted by Crippen LogP contribution is -2.54. The molecule has 0 saturated carbocycles. The van der Waals surface area contributed by atoms with E-state index in [1.165, 1.54) is 0 Å². The van der Waals surface area contributed by atoms with Crippen molar-refractivity contribution in [2.24, 2.45) is 0 Å². The van der Waals surface area contributed by atoms with Crippen molar-refractivity contribution < 1.29 is 13.0 Å². The molecule has 1 aliphatic rings. The summed E-state index contributed by atoms with van der Waals surface area (Å²) < 4.78 is 30.5. The molecular weight excluding hydrogens is 180 g/mol. The number of hydrogen-bond donors (Lipinski definition) is 2. The minimum Gasteiger partial charge on any atom is -0.313 e. The Kier molecular flexibility index (Phi) is 3.05. The van der Waals surface area contributed by atoms with E-state index >= 15 is 0 Å². The summed E-state index contributed by atoms with van der Waals surface area (Å²) in [5.41, 5.74) is 0. The predicted molar refractivity (Wildman–Crippen MR) is 45.5 cm³/mol. The van der Waals surface area contributed by atoms with E-state index in [1.54, 1.807) is 4.90 Å². The van der Waals surface area contributed by atoms with Crippen molar-refractivity contribution >= 4 is 10.1 Å². The van der Waals surface area contributed by atoms with Gasteiger partial charge in [-0.05, 0) is 6.54 Å². The first-order valence-electron chi connectivity index (χ1n) is 3.96. The summed E-state index contributed by atoms with van der Waals surface area (Å²) in [6.45, 7) is 4.28. The van der Waals surface area contributed by atoms with Gasteiger partial charge in [0.05, 0.1) is 0 Å². The molecule has 1 saturated heterocycles. The van der Waals surface area contributed by atoms with Crippen LogP contribution in [-0.4, -0.2) is 49.4 Å². The lowest BCUT2D eigenvalue weighted by molar-refractivity contribution is 0.211. The van der Waals surface area contributed by atoms with Gasteiger partial charge in [0.2, 0.25) is 0 Å². The number of hydrogen-bond acceptors (Lipinski definition) is 4. The molecule has 72 valence electrons. The van der Waals surface area contributed by atoms with E-state index in [-0.39, 0.29) is 0 Å². The Morgan fingerprint density at radius 1 is 1.67 bits per heavy atom. The van der Waals surface area contributed by atoms with Gasteiger partial charge in [-0.2, -0.15) is 8.42 Å². The maximum Gasteiger partial charge on any atom is 0.282 e. The average Bonchev–Trinajstić information content (AvgIpc) is 2.03. The van der Waals surface area contributed by atoms with Crippen LogP contribution in [0.1, 0.15) is 6.92 Å². The number of piperazine rings is 1. The minimum atomic E-state index is -3.92. The second-order valence-electron chi connectivity index (χ2n) is 2.80. The van der Waals surface area contributed by atoms with Crippen LogP contribution in [0, 0.1) is 0 Å². The Labute approximate surface area is 72.5 Å². The topological polar surface area (TPSA) is 69.6 Å². The van der Waals surface area contributed by atoms with Crippen LogP contribution >= 0.6 is 0 Å². The van der Waals surface area contributed by atoms with Gasteiger partial charge in [0.15, 0.2) is 5.37 Å². The van der Waals surface area contributed by atoms with Gasteiger partial charge >= 0.3 is 0 Å². The highest BCUT2D eigenvalue weighted by atomic mass is 32.2. The number of likely N-dealkylation sites (N-methyl/N-ethyl adjacent to an activating group) is 1. The molecule has 5 nitrogen and oxygen atoms in total. The Bertz CT molecular complexity index is 239. The van der Waals surface area contributed by atoms with E-state index in [2.05, 4.69) is 5.32 Å². The third kappa shape index (κ3) is 2.16. The molecule has 1 heterocycles. The van der Waals surface area contributed by atoms with E-state index in [4.69, 9.17) is 4.55 Å². The molecule has 6 heteroatoms. The van der Waals surface area contributed by atoms with Crippen LogP contribution in [0.2, 0.25) is 0 Å². The maximum absolute atomic E-state index is 10.8. The van der Waals surface area contributed by atoms with Crippen molar-refractivity contribution in [3.05, 3.63) is 0 Å². The average molecular weight is 194 g/mol. The summed E-state index contributed by atoms with van der Waals surface area (Å²) in [5, 5.41) is 2.16. The summed E-state index contributed by atoms with van der Waals surface area (Å²) >= 11 is 0. The van der Waals surface area contributed by atoms with Crippen LogP contribution in [0.25, 0.3) is 0 Å². The molecule has 0 bridgehead atoms. The van der Waals surface area contributed by atoms with E-state index in [0.717, 1.165) is 6.54 Å². The fourth-order valence-electron chi connectivity index (χ4n) is 1.38. The van der Waals surface area contributed by atoms with Crippen LogP contribution in [-0.2, 0) is 10.1 Å². The molecule has 1 fully saturated rings. The molecule has 1 aliphatic heterocycles. The zero-order chi connectivity index (χ0) is 9.19. The molecule has 2 N–H and O–H groups in total. The normalized spacial score (nSPS) is 27.3. The third-order valence-corrected chi connectivity index (χ3v) is 3.20. The Balaban J connectivity index is 2.72. The second-order valence-corrected chi connectivity index (χ2v) is 4.38. The number of nitrogens with zero attached hydrogens (tertiary/aromatic N) is 1. The molecule has 0 radical (unpaired) electrons. The van der Waals surface area contributed by atoms with Crippen molar-refractivity contribution in [3.63, 3.8) is 0 Å². The summed E-state index contributed by atoms with van der Waals surface area (Å²) in [6.07, 6.45) is 0. The van der Waals surface area contributed by atoms with Gasteiger partial charge in [0.1, 0.15) is 0 Å². The smallest absolute Gasteiger partial charge is 0.282 e. The second kappa shape index (κ2) is 3.69. The molecule has 12 heavy (non-hydrogen) atoms. The van der Waals surface area contributed by atoms with Gasteiger partial charge < -0.3 is 5.32 Å². The molecule has 0 amide bonds. The van der Waals surface area contributed by atoms with Crippen molar-refractivity contribution in [2.75, 3.05) is 26.2 Å². The lowest BCUT2D eigenvalue weighted by atomic mass is 10.4. The van der Waals surface area contributed by atoms with Crippen LogP contribution in [0.3, 0.4) is 0 Å². The quantitative estimate of drug-likeness (QED) is 0.559. The zero-order valence-corrected chi connectivity index (χ0v) is 7.84. The van der Waals surface area contributed by atoms with E-state index in [1.807, 2.05) is 6.92 Å². The SMILES string of the molecule is CCN1CCNCC1S(=O)(=O)O. The molecule has 1 atom stereocenters. The van der Waals surface area contributed by atoms with Crippen molar-refractivity contribution in [1.29, 1.82) is 0 Å². The highest BCUT2D eigenvalue weighted by Gasteiger charge is 2.30. The number of nitrogens with one attached hydrogen (secondary N) is 1. The molecule has 0 spiro atoms. The molecular formula is C6H14N2O3S. The first-order valence-corrected chi connectivity index (χ1v) is 5.47. The summed E-state index contributed by atoms with van der Waals surface area (Å²) in [6, 6.07) is 0. The first kappa shape index (κ1) is 9.91. The lowest BCUT2D eigenvalue weighted by Gasteiger charge is -2.32. The van der Waals surface area contributed by atoms with Crippen LogP contribution in [0.5, 0.6) is 0 Å². The van der Waals surface area contributed by atoms with Crippen LogP contribution < -0.4 is 5.32 Å². The molecule has 0 aromatic carbocycles. The van der Waals surface area contributed by atoms with E-state index in [9.17, 15) is 8.42 Å². The van der Waals surface area contributed by atoms with E-state index < -0.39 is 15.5 Å². The fraction of sp³-hybridized carbons (Fsp3) is 1.00. The Morgan fingerprint density at radius 3 is 2.75 bits per heavy atom. The molecule has 0 aliphatic carbocycles. The summed E-state index contributed by atoms with van der Waals surface area (Å²) in [7, 11) is -3.92. The standard InChI is InChI=1S/C6H14N2O3S/c1-2-8-4-3-7-5-6(8)12(9,10)11/h6-7H,2-5H2,1H3,(H,9,10,11). The Morgan fingerprint density at radius 2 is 2.33 bits per heavy atom. The van der Waals surface area contributed by atoms with Gasteiger partial charge in [-0.3, -0.25) is 9.45 Å². The van der Waals surface area contributed by atoms with Crippen molar-refractivity contribution in [2.45, 2.75) is 12.3 Å². The van der Waals surface area contributed by atoms with Gasteiger partial charge in [0.25, 0.3) is 10.1 Å². The fourth-order valence-corrected chi connectivity index (χ4v) is 2.34. The van der Waals surface area contributed by atoms with Crippen LogP contribution in [0.4, 0.5) is 0 Å². The van der Waals surface area contributed by atoms with Gasteiger partial charge in [-0.1, -0.05) is 6.92 Å². The number of rotatable bonds is 2. The van der Waals surface area contributed by atoms with E-state index in [0.29, 0.717) is 19.6 Å². The third-order valence-electron chi connectivity index (χ3n) is 2.05. The highest BCUT2D eigenvalue weighted by molar-refractivity contribution is 7.86. The van der Waals surface area contributed by atoms with Crippen molar-refractivity contribution in [1.82, 2.24) is 10.2 Å². The summed E-state index contributed by atoms with van der Waals surface area (Å²) in [5.74, 6) is 0. The maximum atomic E-state index is 10.8. The largest absolute Gasteiger partial charge is 0.313 e. The minimum absolute atomic E-state index is 0.312. The van der Waals surface area contributed by atoms with Gasteiger partial charge in [-0.25, -0.2) is 0 Å². The van der Waals surface area contributed by atoms with Gasteiger partial charge in [-0.15, -0.1) is 0 Å². The van der Waals surface area contributed by atoms with Gasteiger partial charge in [0, 0.05) is 19.6 Å². The highest BCUT2D eigenvalue weighted by Crippen LogP contribution is 2.07. The van der Waals surface area contributed by atoms with Crippen LogP contribution in [0.15, 0.2) is 0 Å². The summed E-state index contributed by atoms with van der Waals surface area (Å²) in [4.78, 5) is 1.74.